The zero-order chi connectivity index (χ0) is 15.4. The topological polar surface area (TPSA) is 89.9 Å². The average molecular weight is 286 g/mol. The molecule has 6 heteroatoms. The standard InChI is InChI=1S/C14H26N2O4/c1-4-14(5-2,11(17)18)10-15-12(19)16-8-6-13(3,20)7-9-16/h20H,4-10H2,1-3H3,(H,15,19)(H,17,18). The van der Waals surface area contributed by atoms with E-state index in [0.29, 0.717) is 38.8 Å². The number of hydrogen-bond donors (Lipinski definition) is 3. The van der Waals surface area contributed by atoms with Gasteiger partial charge in [-0.1, -0.05) is 13.8 Å². The van der Waals surface area contributed by atoms with Crippen molar-refractivity contribution in [2.24, 2.45) is 5.41 Å². The fraction of sp³-hybridized carbons (Fsp3) is 0.857. The number of piperidine rings is 1. The fourth-order valence-corrected chi connectivity index (χ4v) is 2.43. The van der Waals surface area contributed by atoms with Gasteiger partial charge in [-0.3, -0.25) is 4.79 Å². The number of carbonyl (C=O) groups excluding carboxylic acids is 1. The molecule has 0 bridgehead atoms. The SMILES string of the molecule is CCC(CC)(CNC(=O)N1CCC(C)(O)CC1)C(=O)O. The predicted octanol–water partition coefficient (Wildman–Crippen LogP) is 1.43. The Labute approximate surface area is 120 Å². The maximum absolute atomic E-state index is 12.1. The molecule has 1 fully saturated rings. The van der Waals surface area contributed by atoms with E-state index in [1.54, 1.807) is 11.8 Å². The van der Waals surface area contributed by atoms with Crippen molar-refractivity contribution in [3.8, 4) is 0 Å². The van der Waals surface area contributed by atoms with Crippen molar-refractivity contribution in [1.82, 2.24) is 10.2 Å². The summed E-state index contributed by atoms with van der Waals surface area (Å²) in [5.41, 5.74) is -1.59. The zero-order valence-electron chi connectivity index (χ0n) is 12.6. The highest BCUT2D eigenvalue weighted by atomic mass is 16.4. The summed E-state index contributed by atoms with van der Waals surface area (Å²) in [5.74, 6) is -0.871. The Morgan fingerprint density at radius 1 is 1.25 bits per heavy atom. The number of likely N-dealkylation sites (tertiary alicyclic amines) is 1. The molecule has 0 aromatic carbocycles. The molecular formula is C14H26N2O4. The third kappa shape index (κ3) is 3.85. The molecule has 0 aliphatic carbocycles. The Hall–Kier alpha value is -1.30. The molecule has 1 heterocycles. The summed E-state index contributed by atoms with van der Waals surface area (Å²) < 4.78 is 0. The van der Waals surface area contributed by atoms with Crippen LogP contribution in [0, 0.1) is 5.41 Å². The summed E-state index contributed by atoms with van der Waals surface area (Å²) in [7, 11) is 0. The number of carbonyl (C=O) groups is 2. The minimum atomic E-state index is -0.892. The van der Waals surface area contributed by atoms with Crippen LogP contribution in [0.3, 0.4) is 0 Å². The van der Waals surface area contributed by atoms with Crippen LogP contribution in [0.5, 0.6) is 0 Å². The molecule has 0 aromatic rings. The molecule has 0 spiro atoms. The molecule has 3 N–H and O–H groups in total. The highest BCUT2D eigenvalue weighted by molar-refractivity contribution is 5.78. The molecule has 20 heavy (non-hydrogen) atoms. The lowest BCUT2D eigenvalue weighted by atomic mass is 9.82. The first-order chi connectivity index (χ1) is 9.26. The van der Waals surface area contributed by atoms with Crippen LogP contribution in [0.4, 0.5) is 4.79 Å². The van der Waals surface area contributed by atoms with Crippen molar-refractivity contribution >= 4 is 12.0 Å². The van der Waals surface area contributed by atoms with Crippen molar-refractivity contribution < 1.29 is 19.8 Å². The number of hydrogen-bond acceptors (Lipinski definition) is 3. The van der Waals surface area contributed by atoms with Gasteiger partial charge in [0.05, 0.1) is 11.0 Å². The molecule has 0 aromatic heterocycles. The monoisotopic (exact) mass is 286 g/mol. The van der Waals surface area contributed by atoms with Gasteiger partial charge < -0.3 is 20.4 Å². The average Bonchev–Trinajstić information content (AvgIpc) is 2.39. The van der Waals surface area contributed by atoms with Gasteiger partial charge in [0.1, 0.15) is 0 Å². The summed E-state index contributed by atoms with van der Waals surface area (Å²) in [6, 6.07) is -0.243. The van der Waals surface area contributed by atoms with Gasteiger partial charge in [-0.05, 0) is 32.6 Å². The van der Waals surface area contributed by atoms with Gasteiger partial charge in [0.15, 0.2) is 0 Å². The number of carboxylic acid groups (broad SMARTS) is 1. The van der Waals surface area contributed by atoms with E-state index < -0.39 is 17.0 Å². The molecular weight excluding hydrogens is 260 g/mol. The van der Waals surface area contributed by atoms with Crippen molar-refractivity contribution in [2.45, 2.75) is 52.1 Å². The van der Waals surface area contributed by atoms with Gasteiger partial charge in [-0.25, -0.2) is 4.79 Å². The van der Waals surface area contributed by atoms with Crippen molar-refractivity contribution in [2.75, 3.05) is 19.6 Å². The van der Waals surface area contributed by atoms with Gasteiger partial charge in [0, 0.05) is 19.6 Å². The minimum Gasteiger partial charge on any atom is -0.481 e. The lowest BCUT2D eigenvalue weighted by Gasteiger charge is -2.36. The Kier molecular flexibility index (Phi) is 5.39. The van der Waals surface area contributed by atoms with Gasteiger partial charge in [-0.15, -0.1) is 0 Å². The Bertz CT molecular complexity index is 354. The predicted molar refractivity (Wildman–Crippen MR) is 75.5 cm³/mol. The van der Waals surface area contributed by atoms with E-state index in [-0.39, 0.29) is 12.6 Å². The number of nitrogens with zero attached hydrogens (tertiary/aromatic N) is 1. The lowest BCUT2D eigenvalue weighted by Crippen LogP contribution is -2.51. The van der Waals surface area contributed by atoms with Gasteiger partial charge >= 0.3 is 12.0 Å². The first-order valence-electron chi connectivity index (χ1n) is 7.25. The molecule has 0 atom stereocenters. The third-order valence-electron chi connectivity index (χ3n) is 4.51. The second-order valence-electron chi connectivity index (χ2n) is 5.94. The number of carboxylic acids is 1. The number of urea groups is 1. The van der Waals surface area contributed by atoms with Crippen LogP contribution in [-0.4, -0.2) is 52.3 Å². The molecule has 0 unspecified atom stereocenters. The quantitative estimate of drug-likeness (QED) is 0.713. The van der Waals surface area contributed by atoms with E-state index in [0.717, 1.165) is 0 Å². The number of aliphatic hydroxyl groups is 1. The second kappa shape index (κ2) is 6.43. The second-order valence-corrected chi connectivity index (χ2v) is 5.94. The number of amides is 2. The van der Waals surface area contributed by atoms with Crippen LogP contribution in [0.25, 0.3) is 0 Å². The molecule has 6 nitrogen and oxygen atoms in total. The van der Waals surface area contributed by atoms with E-state index in [2.05, 4.69) is 5.32 Å². The lowest BCUT2D eigenvalue weighted by molar-refractivity contribution is -0.149. The van der Waals surface area contributed by atoms with Crippen molar-refractivity contribution in [1.29, 1.82) is 0 Å². The molecule has 1 rings (SSSR count). The highest BCUT2D eigenvalue weighted by Crippen LogP contribution is 2.26. The van der Waals surface area contributed by atoms with Crippen LogP contribution < -0.4 is 5.32 Å². The largest absolute Gasteiger partial charge is 0.481 e. The fourth-order valence-electron chi connectivity index (χ4n) is 2.43. The van der Waals surface area contributed by atoms with Crippen molar-refractivity contribution in [3.05, 3.63) is 0 Å². The molecule has 116 valence electrons. The van der Waals surface area contributed by atoms with Crippen LogP contribution in [0.15, 0.2) is 0 Å². The van der Waals surface area contributed by atoms with E-state index in [1.807, 2.05) is 13.8 Å². The smallest absolute Gasteiger partial charge is 0.317 e. The van der Waals surface area contributed by atoms with E-state index in [4.69, 9.17) is 0 Å². The molecule has 1 saturated heterocycles. The maximum Gasteiger partial charge on any atom is 0.317 e. The first-order valence-corrected chi connectivity index (χ1v) is 7.25. The molecule has 0 radical (unpaired) electrons. The zero-order valence-corrected chi connectivity index (χ0v) is 12.6. The van der Waals surface area contributed by atoms with E-state index in [9.17, 15) is 19.8 Å². The summed E-state index contributed by atoms with van der Waals surface area (Å²) in [4.78, 5) is 25.0. The van der Waals surface area contributed by atoms with Gasteiger partial charge in [-0.2, -0.15) is 0 Å². The summed E-state index contributed by atoms with van der Waals surface area (Å²) in [6.45, 7) is 6.55. The van der Waals surface area contributed by atoms with Gasteiger partial charge in [0.25, 0.3) is 0 Å². The summed E-state index contributed by atoms with van der Waals surface area (Å²) in [6.07, 6.45) is 2.06. The third-order valence-corrected chi connectivity index (χ3v) is 4.51. The number of nitrogens with one attached hydrogen (secondary N) is 1. The van der Waals surface area contributed by atoms with Crippen LogP contribution in [0.1, 0.15) is 46.5 Å². The molecule has 1 aliphatic heterocycles. The number of aliphatic carboxylic acids is 1. The maximum atomic E-state index is 12.1. The summed E-state index contributed by atoms with van der Waals surface area (Å²) in [5, 5.41) is 21.9. The molecule has 1 aliphatic rings. The first kappa shape index (κ1) is 16.8. The number of rotatable bonds is 5. The molecule has 2 amide bonds. The molecule has 0 saturated carbocycles. The van der Waals surface area contributed by atoms with Crippen LogP contribution in [0.2, 0.25) is 0 Å². The van der Waals surface area contributed by atoms with Crippen LogP contribution in [-0.2, 0) is 4.79 Å². The normalized spacial score (nSPS) is 18.7. The van der Waals surface area contributed by atoms with Gasteiger partial charge in [0.2, 0.25) is 0 Å². The highest BCUT2D eigenvalue weighted by Gasteiger charge is 2.36. The minimum absolute atomic E-state index is 0.140. The Morgan fingerprint density at radius 3 is 2.15 bits per heavy atom. The Morgan fingerprint density at radius 2 is 1.75 bits per heavy atom. The van der Waals surface area contributed by atoms with Crippen molar-refractivity contribution in [3.63, 3.8) is 0 Å². The van der Waals surface area contributed by atoms with E-state index >= 15 is 0 Å². The summed E-state index contributed by atoms with van der Waals surface area (Å²) >= 11 is 0. The van der Waals surface area contributed by atoms with E-state index in [1.165, 1.54) is 0 Å². The Balaban J connectivity index is 2.53. The van der Waals surface area contributed by atoms with Crippen LogP contribution >= 0.6 is 0 Å².